The molecule has 0 unspecified atom stereocenters. The molecule has 6 nitrogen and oxygen atoms in total. The quantitative estimate of drug-likeness (QED) is 0.746. The van der Waals surface area contributed by atoms with Crippen molar-refractivity contribution in [1.29, 1.82) is 0 Å². The Hall–Kier alpha value is -3.41. The van der Waals surface area contributed by atoms with E-state index in [0.29, 0.717) is 17.2 Å². The Morgan fingerprint density at radius 2 is 1.96 bits per heavy atom. The van der Waals surface area contributed by atoms with Crippen LogP contribution in [0.25, 0.3) is 11.1 Å². The molecule has 0 saturated carbocycles. The number of carbonyl (C=O) groups excluding carboxylic acids is 1. The van der Waals surface area contributed by atoms with Gasteiger partial charge in [-0.25, -0.2) is 9.97 Å². The molecular weight excluding hydrogens is 316 g/mol. The van der Waals surface area contributed by atoms with Gasteiger partial charge in [-0.3, -0.25) is 4.79 Å². The number of amides is 1. The molecule has 0 spiro atoms. The molecule has 6 heteroatoms. The number of nitrogens with one attached hydrogen (secondary N) is 1. The van der Waals surface area contributed by atoms with Gasteiger partial charge in [-0.1, -0.05) is 6.07 Å². The van der Waals surface area contributed by atoms with E-state index in [1.54, 1.807) is 30.6 Å². The number of pyridine rings is 2. The molecule has 0 aliphatic rings. The van der Waals surface area contributed by atoms with Crippen molar-refractivity contribution in [2.45, 2.75) is 6.92 Å². The Morgan fingerprint density at radius 1 is 1.12 bits per heavy atom. The highest BCUT2D eigenvalue weighted by molar-refractivity contribution is 5.93. The normalized spacial score (nSPS) is 10.3. The van der Waals surface area contributed by atoms with Crippen LogP contribution in [-0.2, 0) is 0 Å². The second-order valence-electron chi connectivity index (χ2n) is 5.48. The number of rotatable bonds is 5. The zero-order valence-electron chi connectivity index (χ0n) is 14.0. The van der Waals surface area contributed by atoms with Gasteiger partial charge in [0.2, 0.25) is 11.8 Å². The van der Waals surface area contributed by atoms with Gasteiger partial charge in [-0.15, -0.1) is 0 Å². The first-order chi connectivity index (χ1) is 12.1. The van der Waals surface area contributed by atoms with Crippen molar-refractivity contribution in [3.63, 3.8) is 0 Å². The maximum Gasteiger partial charge on any atom is 0.248 e. The van der Waals surface area contributed by atoms with E-state index in [1.165, 1.54) is 0 Å². The molecule has 0 aliphatic heterocycles. The molecule has 0 saturated heterocycles. The van der Waals surface area contributed by atoms with Crippen molar-refractivity contribution in [1.82, 2.24) is 9.97 Å². The summed E-state index contributed by atoms with van der Waals surface area (Å²) < 4.78 is 6.00. The largest absolute Gasteiger partial charge is 0.438 e. The molecule has 0 bridgehead atoms. The van der Waals surface area contributed by atoms with E-state index in [-0.39, 0.29) is 0 Å². The minimum atomic E-state index is -0.501. The fourth-order valence-electron chi connectivity index (χ4n) is 2.39. The van der Waals surface area contributed by atoms with Crippen molar-refractivity contribution in [3.8, 4) is 22.8 Å². The van der Waals surface area contributed by atoms with Gasteiger partial charge in [0.05, 0.1) is 0 Å². The van der Waals surface area contributed by atoms with Crippen LogP contribution in [0.2, 0.25) is 0 Å². The standard InChI is InChI=1S/C19H18N4O2/c1-12-5-6-14(18(20)24)10-16(12)25-19-15(4-3-8-23-19)13-7-9-22-17(11-13)21-2/h3-11H,1-2H3,(H2,20,24)(H,21,22). The Kier molecular flexibility index (Phi) is 4.61. The minimum absolute atomic E-state index is 0.388. The molecule has 25 heavy (non-hydrogen) atoms. The molecule has 0 atom stereocenters. The van der Waals surface area contributed by atoms with Gasteiger partial charge in [-0.2, -0.15) is 0 Å². The lowest BCUT2D eigenvalue weighted by Gasteiger charge is -2.13. The molecule has 3 aromatic rings. The predicted octanol–water partition coefficient (Wildman–Crippen LogP) is 3.38. The highest BCUT2D eigenvalue weighted by Crippen LogP contribution is 2.33. The number of aryl methyl sites for hydroxylation is 1. The SMILES string of the molecule is CNc1cc(-c2cccnc2Oc2cc(C(N)=O)ccc2C)ccn1. The Bertz CT molecular complexity index is 925. The fourth-order valence-corrected chi connectivity index (χ4v) is 2.39. The summed E-state index contributed by atoms with van der Waals surface area (Å²) in [4.78, 5) is 20.0. The van der Waals surface area contributed by atoms with Gasteiger partial charge in [0.15, 0.2) is 0 Å². The van der Waals surface area contributed by atoms with Crippen LogP contribution < -0.4 is 15.8 Å². The van der Waals surface area contributed by atoms with E-state index in [0.717, 1.165) is 22.5 Å². The molecule has 0 fully saturated rings. The number of benzene rings is 1. The second kappa shape index (κ2) is 7.00. The third-order valence-electron chi connectivity index (χ3n) is 3.78. The van der Waals surface area contributed by atoms with Crippen molar-refractivity contribution < 1.29 is 9.53 Å². The Labute approximate surface area is 145 Å². The fraction of sp³-hybridized carbons (Fsp3) is 0.105. The minimum Gasteiger partial charge on any atom is -0.438 e. The summed E-state index contributed by atoms with van der Waals surface area (Å²) in [5, 5.41) is 3.01. The van der Waals surface area contributed by atoms with Crippen LogP contribution in [0.4, 0.5) is 5.82 Å². The van der Waals surface area contributed by atoms with Crippen molar-refractivity contribution in [3.05, 3.63) is 66.0 Å². The van der Waals surface area contributed by atoms with E-state index >= 15 is 0 Å². The lowest BCUT2D eigenvalue weighted by Crippen LogP contribution is -2.11. The van der Waals surface area contributed by atoms with E-state index in [2.05, 4.69) is 15.3 Å². The van der Waals surface area contributed by atoms with Crippen molar-refractivity contribution in [2.75, 3.05) is 12.4 Å². The average Bonchev–Trinajstić information content (AvgIpc) is 2.64. The number of carbonyl (C=O) groups is 1. The molecule has 1 amide bonds. The van der Waals surface area contributed by atoms with Crippen LogP contribution in [0.3, 0.4) is 0 Å². The predicted molar refractivity (Wildman–Crippen MR) is 96.8 cm³/mol. The summed E-state index contributed by atoms with van der Waals surface area (Å²) in [5.74, 6) is 1.23. The second-order valence-corrected chi connectivity index (χ2v) is 5.48. The summed E-state index contributed by atoms with van der Waals surface area (Å²) in [5.41, 5.74) is 8.37. The topological polar surface area (TPSA) is 90.1 Å². The van der Waals surface area contributed by atoms with Gasteiger partial charge >= 0.3 is 0 Å². The molecule has 0 radical (unpaired) electrons. The van der Waals surface area contributed by atoms with Crippen LogP contribution in [0.5, 0.6) is 11.6 Å². The van der Waals surface area contributed by atoms with Gasteiger partial charge in [0, 0.05) is 30.6 Å². The first kappa shape index (κ1) is 16.4. The monoisotopic (exact) mass is 334 g/mol. The summed E-state index contributed by atoms with van der Waals surface area (Å²) in [6, 6.07) is 12.7. The number of hydrogen-bond donors (Lipinski definition) is 2. The molecule has 3 N–H and O–H groups in total. The molecular formula is C19H18N4O2. The van der Waals surface area contributed by atoms with Crippen LogP contribution in [-0.4, -0.2) is 22.9 Å². The van der Waals surface area contributed by atoms with Crippen molar-refractivity contribution >= 4 is 11.7 Å². The number of nitrogens with zero attached hydrogens (tertiary/aromatic N) is 2. The van der Waals surface area contributed by atoms with E-state index in [9.17, 15) is 4.79 Å². The highest BCUT2D eigenvalue weighted by Gasteiger charge is 2.12. The van der Waals surface area contributed by atoms with Crippen LogP contribution >= 0.6 is 0 Å². The maximum absolute atomic E-state index is 11.4. The Morgan fingerprint density at radius 3 is 2.72 bits per heavy atom. The maximum atomic E-state index is 11.4. The first-order valence-corrected chi connectivity index (χ1v) is 7.76. The van der Waals surface area contributed by atoms with Crippen molar-refractivity contribution in [2.24, 2.45) is 5.73 Å². The summed E-state index contributed by atoms with van der Waals surface area (Å²) in [7, 11) is 1.81. The smallest absolute Gasteiger partial charge is 0.248 e. The molecule has 0 aliphatic carbocycles. The Balaban J connectivity index is 2.02. The third-order valence-corrected chi connectivity index (χ3v) is 3.78. The molecule has 2 aromatic heterocycles. The molecule has 1 aromatic carbocycles. The number of aromatic nitrogens is 2. The molecule has 3 rings (SSSR count). The number of ether oxygens (including phenoxy) is 1. The lowest BCUT2D eigenvalue weighted by molar-refractivity contribution is 0.1000. The van der Waals surface area contributed by atoms with E-state index in [4.69, 9.17) is 10.5 Å². The van der Waals surface area contributed by atoms with E-state index in [1.807, 2.05) is 38.2 Å². The molecule has 2 heterocycles. The average molecular weight is 334 g/mol. The van der Waals surface area contributed by atoms with Gasteiger partial charge in [0.1, 0.15) is 11.6 Å². The number of nitrogens with two attached hydrogens (primary N) is 1. The summed E-state index contributed by atoms with van der Waals surface area (Å²) in [6.07, 6.45) is 3.38. The summed E-state index contributed by atoms with van der Waals surface area (Å²) >= 11 is 0. The zero-order chi connectivity index (χ0) is 17.8. The highest BCUT2D eigenvalue weighted by atomic mass is 16.5. The number of anilines is 1. The van der Waals surface area contributed by atoms with Gasteiger partial charge in [0.25, 0.3) is 0 Å². The van der Waals surface area contributed by atoms with Gasteiger partial charge in [-0.05, 0) is 54.4 Å². The van der Waals surface area contributed by atoms with E-state index < -0.39 is 5.91 Å². The van der Waals surface area contributed by atoms with Crippen LogP contribution in [0, 0.1) is 6.92 Å². The first-order valence-electron chi connectivity index (χ1n) is 7.76. The number of hydrogen-bond acceptors (Lipinski definition) is 5. The third kappa shape index (κ3) is 3.58. The zero-order valence-corrected chi connectivity index (χ0v) is 14.0. The lowest BCUT2D eigenvalue weighted by atomic mass is 10.1. The molecule has 126 valence electrons. The van der Waals surface area contributed by atoms with Crippen LogP contribution in [0.15, 0.2) is 54.9 Å². The number of primary amides is 1. The van der Waals surface area contributed by atoms with Gasteiger partial charge < -0.3 is 15.8 Å². The summed E-state index contributed by atoms with van der Waals surface area (Å²) in [6.45, 7) is 1.90. The van der Waals surface area contributed by atoms with Crippen LogP contribution in [0.1, 0.15) is 15.9 Å².